The molecule has 0 bridgehead atoms. The Morgan fingerprint density at radius 2 is 2.04 bits per heavy atom. The number of nitrogens with zero attached hydrogens (tertiary/aromatic N) is 4. The standard InChI is InChI=1S/C16H13F2N5O2/c1-8-7-19-13(20-8)14-21-15(25-22-14)12-2-3-23(16(12)24)11-5-9(17)4-10(18)6-11/h4-7,12H,2-3H2,1H3,(H,19,20). The molecule has 1 aliphatic heterocycles. The number of amides is 1. The van der Waals surface area contributed by atoms with Gasteiger partial charge in [0, 0.05) is 30.2 Å². The molecule has 4 rings (SSSR count). The van der Waals surface area contributed by atoms with Crippen LogP contribution in [0.4, 0.5) is 14.5 Å². The number of nitrogens with one attached hydrogen (secondary N) is 1. The van der Waals surface area contributed by atoms with Crippen molar-refractivity contribution in [2.24, 2.45) is 0 Å². The molecule has 7 nitrogen and oxygen atoms in total. The Labute approximate surface area is 140 Å². The number of halogens is 2. The van der Waals surface area contributed by atoms with Gasteiger partial charge in [-0.15, -0.1) is 0 Å². The molecule has 128 valence electrons. The normalized spacial score (nSPS) is 17.5. The Bertz CT molecular complexity index is 931. The van der Waals surface area contributed by atoms with Crippen molar-refractivity contribution in [2.45, 2.75) is 19.3 Å². The molecule has 0 spiro atoms. The third-order valence-corrected chi connectivity index (χ3v) is 4.02. The van der Waals surface area contributed by atoms with E-state index in [1.807, 2.05) is 6.92 Å². The van der Waals surface area contributed by atoms with Crippen LogP contribution in [0.5, 0.6) is 0 Å². The third kappa shape index (κ3) is 2.77. The minimum absolute atomic E-state index is 0.161. The summed E-state index contributed by atoms with van der Waals surface area (Å²) in [6.45, 7) is 2.15. The van der Waals surface area contributed by atoms with Crippen molar-refractivity contribution in [3.8, 4) is 11.6 Å². The predicted molar refractivity (Wildman–Crippen MR) is 82.7 cm³/mol. The Morgan fingerprint density at radius 3 is 2.72 bits per heavy atom. The maximum atomic E-state index is 13.4. The van der Waals surface area contributed by atoms with Gasteiger partial charge in [-0.3, -0.25) is 4.79 Å². The van der Waals surface area contributed by atoms with Gasteiger partial charge >= 0.3 is 0 Å². The van der Waals surface area contributed by atoms with E-state index in [1.54, 1.807) is 6.20 Å². The highest BCUT2D eigenvalue weighted by Crippen LogP contribution is 2.32. The molecule has 1 N–H and O–H groups in total. The number of hydrogen-bond donors (Lipinski definition) is 1. The molecule has 1 aromatic carbocycles. The summed E-state index contributed by atoms with van der Waals surface area (Å²) in [6, 6.07) is 3.00. The van der Waals surface area contributed by atoms with Gasteiger partial charge in [-0.05, 0) is 25.5 Å². The number of hydrogen-bond acceptors (Lipinski definition) is 5. The average Bonchev–Trinajstić information content (AvgIpc) is 3.25. The molecule has 3 heterocycles. The first-order valence-electron chi connectivity index (χ1n) is 7.64. The lowest BCUT2D eigenvalue weighted by Gasteiger charge is -2.16. The van der Waals surface area contributed by atoms with Crippen molar-refractivity contribution in [1.82, 2.24) is 20.1 Å². The van der Waals surface area contributed by atoms with Gasteiger partial charge in [-0.25, -0.2) is 13.8 Å². The molecular weight excluding hydrogens is 332 g/mol. The van der Waals surface area contributed by atoms with E-state index in [2.05, 4.69) is 20.1 Å². The molecule has 1 unspecified atom stereocenters. The molecular formula is C16H13F2N5O2. The van der Waals surface area contributed by atoms with Gasteiger partial charge in [0.05, 0.1) is 0 Å². The Hall–Kier alpha value is -3.10. The van der Waals surface area contributed by atoms with Crippen LogP contribution in [0.15, 0.2) is 28.9 Å². The van der Waals surface area contributed by atoms with E-state index in [-0.39, 0.29) is 23.3 Å². The van der Waals surface area contributed by atoms with E-state index in [9.17, 15) is 13.6 Å². The summed E-state index contributed by atoms with van der Waals surface area (Å²) in [4.78, 5) is 25.2. The van der Waals surface area contributed by atoms with Crippen LogP contribution >= 0.6 is 0 Å². The van der Waals surface area contributed by atoms with Crippen LogP contribution in [0.25, 0.3) is 11.6 Å². The number of aromatic nitrogens is 4. The van der Waals surface area contributed by atoms with Crippen LogP contribution in [0.3, 0.4) is 0 Å². The highest BCUT2D eigenvalue weighted by atomic mass is 19.1. The average molecular weight is 345 g/mol. The summed E-state index contributed by atoms with van der Waals surface area (Å²) in [6.07, 6.45) is 2.04. The van der Waals surface area contributed by atoms with E-state index in [0.717, 1.165) is 23.9 Å². The number of benzene rings is 1. The maximum Gasteiger partial charge on any atom is 0.239 e. The first-order valence-corrected chi connectivity index (χ1v) is 7.64. The number of carbonyl (C=O) groups is 1. The fraction of sp³-hybridized carbons (Fsp3) is 0.250. The molecule has 1 saturated heterocycles. The Morgan fingerprint density at radius 1 is 1.28 bits per heavy atom. The number of imidazole rings is 1. The summed E-state index contributed by atoms with van der Waals surface area (Å²) in [5, 5.41) is 3.83. The van der Waals surface area contributed by atoms with Gasteiger partial charge in [-0.2, -0.15) is 4.98 Å². The zero-order valence-electron chi connectivity index (χ0n) is 13.2. The first-order chi connectivity index (χ1) is 12.0. The molecule has 1 amide bonds. The van der Waals surface area contributed by atoms with Crippen LogP contribution < -0.4 is 4.90 Å². The van der Waals surface area contributed by atoms with Gasteiger partial charge in [0.1, 0.15) is 17.6 Å². The van der Waals surface area contributed by atoms with Gasteiger partial charge in [0.25, 0.3) is 0 Å². The number of H-pyrrole nitrogens is 1. The maximum absolute atomic E-state index is 13.4. The summed E-state index contributed by atoms with van der Waals surface area (Å²) in [7, 11) is 0. The second-order valence-corrected chi connectivity index (χ2v) is 5.83. The lowest BCUT2D eigenvalue weighted by Crippen LogP contribution is -2.26. The van der Waals surface area contributed by atoms with E-state index in [1.165, 1.54) is 4.90 Å². The molecule has 1 fully saturated rings. The van der Waals surface area contributed by atoms with Crippen molar-refractivity contribution in [1.29, 1.82) is 0 Å². The zero-order valence-corrected chi connectivity index (χ0v) is 13.2. The van der Waals surface area contributed by atoms with Crippen LogP contribution in [0.1, 0.15) is 23.9 Å². The quantitative estimate of drug-likeness (QED) is 0.788. The third-order valence-electron chi connectivity index (χ3n) is 4.02. The van der Waals surface area contributed by atoms with Crippen molar-refractivity contribution in [3.63, 3.8) is 0 Å². The number of carbonyl (C=O) groups excluding carboxylic acids is 1. The minimum atomic E-state index is -0.737. The van der Waals surface area contributed by atoms with E-state index in [0.29, 0.717) is 18.8 Å². The second kappa shape index (κ2) is 5.76. The molecule has 9 heteroatoms. The summed E-state index contributed by atoms with van der Waals surface area (Å²) < 4.78 is 32.0. The number of aryl methyl sites for hydroxylation is 1. The minimum Gasteiger partial charge on any atom is -0.339 e. The van der Waals surface area contributed by atoms with Crippen LogP contribution in [0, 0.1) is 18.6 Å². The van der Waals surface area contributed by atoms with E-state index < -0.39 is 17.6 Å². The first kappa shape index (κ1) is 15.4. The molecule has 0 saturated carbocycles. The summed E-state index contributed by atoms with van der Waals surface area (Å²) in [5.74, 6) is -1.60. The lowest BCUT2D eigenvalue weighted by molar-refractivity contribution is -0.118. The zero-order chi connectivity index (χ0) is 17.6. The monoisotopic (exact) mass is 345 g/mol. The van der Waals surface area contributed by atoms with Crippen molar-refractivity contribution >= 4 is 11.6 Å². The molecule has 0 aliphatic carbocycles. The number of rotatable bonds is 3. The number of aromatic amines is 1. The van der Waals surface area contributed by atoms with Crippen molar-refractivity contribution in [2.75, 3.05) is 11.4 Å². The second-order valence-electron chi connectivity index (χ2n) is 5.83. The fourth-order valence-corrected chi connectivity index (χ4v) is 2.86. The molecule has 3 aromatic rings. The van der Waals surface area contributed by atoms with Gasteiger partial charge in [0.15, 0.2) is 5.82 Å². The van der Waals surface area contributed by atoms with Gasteiger partial charge in [-0.1, -0.05) is 5.16 Å². The fourth-order valence-electron chi connectivity index (χ4n) is 2.86. The highest BCUT2D eigenvalue weighted by molar-refractivity contribution is 5.99. The van der Waals surface area contributed by atoms with E-state index >= 15 is 0 Å². The van der Waals surface area contributed by atoms with Crippen LogP contribution in [-0.4, -0.2) is 32.6 Å². The topological polar surface area (TPSA) is 87.9 Å². The summed E-state index contributed by atoms with van der Waals surface area (Å²) in [5.41, 5.74) is 1.02. The van der Waals surface area contributed by atoms with Crippen LogP contribution in [0.2, 0.25) is 0 Å². The predicted octanol–water partition coefficient (Wildman–Crippen LogP) is 2.57. The molecule has 1 atom stereocenters. The largest absolute Gasteiger partial charge is 0.339 e. The highest BCUT2D eigenvalue weighted by Gasteiger charge is 2.38. The van der Waals surface area contributed by atoms with E-state index in [4.69, 9.17) is 4.52 Å². The van der Waals surface area contributed by atoms with Gasteiger partial charge in [0.2, 0.25) is 17.6 Å². The number of anilines is 1. The molecule has 1 aliphatic rings. The molecule has 0 radical (unpaired) electrons. The lowest BCUT2D eigenvalue weighted by atomic mass is 10.1. The molecule has 25 heavy (non-hydrogen) atoms. The van der Waals surface area contributed by atoms with Crippen molar-refractivity contribution < 1.29 is 18.1 Å². The van der Waals surface area contributed by atoms with Crippen molar-refractivity contribution in [3.05, 3.63) is 47.6 Å². The Balaban J connectivity index is 1.59. The smallest absolute Gasteiger partial charge is 0.239 e. The SMILES string of the molecule is Cc1cnc(-c2noc(C3CCN(c4cc(F)cc(F)c4)C3=O)n2)[nH]1. The molecule has 2 aromatic heterocycles. The van der Waals surface area contributed by atoms with Crippen LogP contribution in [-0.2, 0) is 4.79 Å². The summed E-state index contributed by atoms with van der Waals surface area (Å²) >= 11 is 0. The Kier molecular flexibility index (Phi) is 3.56. The van der Waals surface area contributed by atoms with Gasteiger partial charge < -0.3 is 14.4 Å².